The van der Waals surface area contributed by atoms with Crippen LogP contribution in [0.15, 0.2) is 0 Å². The molecule has 2 unspecified atom stereocenters. The van der Waals surface area contributed by atoms with Crippen LogP contribution in [0.2, 0.25) is 0 Å². The minimum atomic E-state index is -0.871. The molecule has 0 aromatic carbocycles. The molecule has 2 atom stereocenters. The molecule has 0 bridgehead atoms. The smallest absolute Gasteiger partial charge is 0.327 e. The van der Waals surface area contributed by atoms with E-state index in [9.17, 15) is 9.59 Å². The first-order valence-electron chi connectivity index (χ1n) is 5.69. The molecule has 1 aliphatic heterocycles. The number of nitrogens with zero attached hydrogens (tertiary/aromatic N) is 1. The monoisotopic (exact) mass is 243 g/mol. The SMILES string of the molecule is CC(C)C(=O)N1C(C(=O)O)CSC1C1CC1. The predicted molar refractivity (Wildman–Crippen MR) is 62.1 cm³/mol. The van der Waals surface area contributed by atoms with Crippen molar-refractivity contribution in [2.24, 2.45) is 11.8 Å². The minimum Gasteiger partial charge on any atom is -0.480 e. The Morgan fingerprint density at radius 3 is 2.44 bits per heavy atom. The molecule has 0 aromatic heterocycles. The van der Waals surface area contributed by atoms with Gasteiger partial charge in [-0.25, -0.2) is 4.79 Å². The van der Waals surface area contributed by atoms with Gasteiger partial charge in [-0.1, -0.05) is 13.8 Å². The lowest BCUT2D eigenvalue weighted by molar-refractivity contribution is -0.150. The highest BCUT2D eigenvalue weighted by molar-refractivity contribution is 8.00. The van der Waals surface area contributed by atoms with Crippen LogP contribution in [0.1, 0.15) is 26.7 Å². The van der Waals surface area contributed by atoms with Crippen LogP contribution in [0.25, 0.3) is 0 Å². The molecule has 90 valence electrons. The van der Waals surface area contributed by atoms with E-state index >= 15 is 0 Å². The first-order chi connectivity index (χ1) is 7.52. The van der Waals surface area contributed by atoms with Crippen molar-refractivity contribution in [3.05, 3.63) is 0 Å². The van der Waals surface area contributed by atoms with Crippen molar-refractivity contribution in [2.45, 2.75) is 38.1 Å². The summed E-state index contributed by atoms with van der Waals surface area (Å²) in [6.45, 7) is 3.66. The van der Waals surface area contributed by atoms with Crippen LogP contribution < -0.4 is 0 Å². The van der Waals surface area contributed by atoms with Crippen molar-refractivity contribution in [3.8, 4) is 0 Å². The summed E-state index contributed by atoms with van der Waals surface area (Å²) < 4.78 is 0. The van der Waals surface area contributed by atoms with E-state index in [1.807, 2.05) is 13.8 Å². The second-order valence-electron chi connectivity index (χ2n) is 4.82. The summed E-state index contributed by atoms with van der Waals surface area (Å²) in [5.74, 6) is 0.0485. The van der Waals surface area contributed by atoms with Crippen LogP contribution in [0.4, 0.5) is 0 Å². The van der Waals surface area contributed by atoms with Crippen molar-refractivity contribution in [2.75, 3.05) is 5.75 Å². The fourth-order valence-corrected chi connectivity index (χ4v) is 3.68. The van der Waals surface area contributed by atoms with Crippen LogP contribution in [-0.4, -0.2) is 39.1 Å². The predicted octanol–water partition coefficient (Wildman–Crippen LogP) is 1.41. The molecule has 2 rings (SSSR count). The van der Waals surface area contributed by atoms with Crippen molar-refractivity contribution >= 4 is 23.6 Å². The topological polar surface area (TPSA) is 57.6 Å². The van der Waals surface area contributed by atoms with Gasteiger partial charge in [0.05, 0.1) is 5.37 Å². The van der Waals surface area contributed by atoms with E-state index < -0.39 is 12.0 Å². The summed E-state index contributed by atoms with van der Waals surface area (Å²) in [5.41, 5.74) is 0. The van der Waals surface area contributed by atoms with Crippen molar-refractivity contribution < 1.29 is 14.7 Å². The second-order valence-corrected chi connectivity index (χ2v) is 5.97. The van der Waals surface area contributed by atoms with E-state index in [4.69, 9.17) is 5.11 Å². The summed E-state index contributed by atoms with van der Waals surface area (Å²) >= 11 is 1.63. The zero-order valence-electron chi connectivity index (χ0n) is 9.55. The van der Waals surface area contributed by atoms with Crippen LogP contribution in [-0.2, 0) is 9.59 Å². The Morgan fingerprint density at radius 2 is 2.00 bits per heavy atom. The Bertz CT molecular complexity index is 314. The lowest BCUT2D eigenvalue weighted by atomic mass is 10.1. The normalized spacial score (nSPS) is 29.8. The van der Waals surface area contributed by atoms with E-state index in [-0.39, 0.29) is 17.2 Å². The summed E-state index contributed by atoms with van der Waals surface area (Å²) in [7, 11) is 0. The Morgan fingerprint density at radius 1 is 1.38 bits per heavy atom. The van der Waals surface area contributed by atoms with Crippen LogP contribution in [0.5, 0.6) is 0 Å². The molecular formula is C11H17NO3S. The molecule has 1 aliphatic carbocycles. The third-order valence-electron chi connectivity index (χ3n) is 3.09. The summed E-state index contributed by atoms with van der Waals surface area (Å²) in [6, 6.07) is -0.620. The number of carbonyl (C=O) groups excluding carboxylic acids is 1. The third kappa shape index (κ3) is 2.05. The Labute approximate surface area is 99.4 Å². The molecule has 5 heteroatoms. The number of rotatable bonds is 3. The quantitative estimate of drug-likeness (QED) is 0.814. The number of amides is 1. The highest BCUT2D eigenvalue weighted by Crippen LogP contribution is 2.45. The molecule has 4 nitrogen and oxygen atoms in total. The van der Waals surface area contributed by atoms with Crippen molar-refractivity contribution in [3.63, 3.8) is 0 Å². The highest BCUT2D eigenvalue weighted by Gasteiger charge is 2.48. The van der Waals surface area contributed by atoms with E-state index in [0.717, 1.165) is 12.8 Å². The first kappa shape index (κ1) is 11.8. The first-order valence-corrected chi connectivity index (χ1v) is 6.74. The van der Waals surface area contributed by atoms with E-state index in [0.29, 0.717) is 11.7 Å². The van der Waals surface area contributed by atoms with Gasteiger partial charge in [0.2, 0.25) is 5.91 Å². The number of carboxylic acid groups (broad SMARTS) is 1. The summed E-state index contributed by atoms with van der Waals surface area (Å²) in [5, 5.41) is 9.23. The van der Waals surface area contributed by atoms with Crippen molar-refractivity contribution in [1.82, 2.24) is 4.90 Å². The average Bonchev–Trinajstić information content (AvgIpc) is 2.95. The molecule has 1 heterocycles. The fourth-order valence-electron chi connectivity index (χ4n) is 2.04. The summed E-state index contributed by atoms with van der Waals surface area (Å²) in [4.78, 5) is 24.8. The van der Waals surface area contributed by atoms with Gasteiger partial charge in [0.15, 0.2) is 0 Å². The van der Waals surface area contributed by atoms with Gasteiger partial charge in [-0.3, -0.25) is 4.79 Å². The largest absolute Gasteiger partial charge is 0.480 e. The average molecular weight is 243 g/mol. The molecule has 16 heavy (non-hydrogen) atoms. The van der Waals surface area contributed by atoms with Gasteiger partial charge in [0.1, 0.15) is 6.04 Å². The number of hydrogen-bond donors (Lipinski definition) is 1. The van der Waals surface area contributed by atoms with Gasteiger partial charge >= 0.3 is 5.97 Å². The van der Waals surface area contributed by atoms with E-state index in [2.05, 4.69) is 0 Å². The Kier molecular flexibility index (Phi) is 3.15. The van der Waals surface area contributed by atoms with Crippen LogP contribution in [0, 0.1) is 11.8 Å². The number of thioether (sulfide) groups is 1. The maximum atomic E-state index is 12.1. The van der Waals surface area contributed by atoms with Crippen molar-refractivity contribution in [1.29, 1.82) is 0 Å². The Balaban J connectivity index is 2.17. The number of carboxylic acids is 1. The lowest BCUT2D eigenvalue weighted by Gasteiger charge is -2.28. The molecule has 1 saturated heterocycles. The standard InChI is InChI=1S/C11H17NO3S/c1-6(2)9(13)12-8(11(14)15)5-16-10(12)7-3-4-7/h6-8,10H,3-5H2,1-2H3,(H,14,15). The molecule has 1 saturated carbocycles. The molecule has 0 radical (unpaired) electrons. The summed E-state index contributed by atoms with van der Waals surface area (Å²) in [6.07, 6.45) is 2.26. The van der Waals surface area contributed by atoms with Gasteiger partial charge in [-0.15, -0.1) is 11.8 Å². The second kappa shape index (κ2) is 4.28. The van der Waals surface area contributed by atoms with Crippen LogP contribution in [0.3, 0.4) is 0 Å². The zero-order valence-corrected chi connectivity index (χ0v) is 10.4. The molecule has 1 N–H and O–H groups in total. The molecule has 0 spiro atoms. The van der Waals surface area contributed by atoms with Gasteiger partial charge in [-0.2, -0.15) is 0 Å². The van der Waals surface area contributed by atoms with Gasteiger partial charge in [-0.05, 0) is 18.8 Å². The molecule has 2 aliphatic rings. The maximum absolute atomic E-state index is 12.1. The number of hydrogen-bond acceptors (Lipinski definition) is 3. The minimum absolute atomic E-state index is 0.0192. The van der Waals surface area contributed by atoms with Gasteiger partial charge < -0.3 is 10.0 Å². The fraction of sp³-hybridized carbons (Fsp3) is 0.818. The number of aliphatic carboxylic acids is 1. The van der Waals surface area contributed by atoms with Gasteiger partial charge in [0.25, 0.3) is 0 Å². The van der Waals surface area contributed by atoms with E-state index in [1.165, 1.54) is 0 Å². The molecule has 2 fully saturated rings. The Hall–Kier alpha value is -0.710. The van der Waals surface area contributed by atoms with Crippen LogP contribution >= 0.6 is 11.8 Å². The molecular weight excluding hydrogens is 226 g/mol. The van der Waals surface area contributed by atoms with Gasteiger partial charge in [0, 0.05) is 11.7 Å². The van der Waals surface area contributed by atoms with E-state index in [1.54, 1.807) is 16.7 Å². The molecule has 0 aromatic rings. The highest BCUT2D eigenvalue weighted by atomic mass is 32.2. The number of carbonyl (C=O) groups is 2. The third-order valence-corrected chi connectivity index (χ3v) is 4.56. The zero-order chi connectivity index (χ0) is 11.9. The molecule has 1 amide bonds. The maximum Gasteiger partial charge on any atom is 0.327 e. The lowest BCUT2D eigenvalue weighted by Crippen LogP contribution is -2.47.